The fourth-order valence-electron chi connectivity index (χ4n) is 2.69. The van der Waals surface area contributed by atoms with Crippen molar-refractivity contribution in [2.24, 2.45) is 0 Å². The second kappa shape index (κ2) is 9.06. The Bertz CT molecular complexity index is 707. The first-order valence-corrected chi connectivity index (χ1v) is 8.64. The van der Waals surface area contributed by atoms with Gasteiger partial charge < -0.3 is 15.1 Å². The van der Waals surface area contributed by atoms with Crippen LogP contribution in [0.5, 0.6) is 0 Å². The lowest BCUT2D eigenvalue weighted by molar-refractivity contribution is -0.121. The van der Waals surface area contributed by atoms with Crippen molar-refractivity contribution in [2.75, 3.05) is 6.54 Å². The molecule has 25 heavy (non-hydrogen) atoms. The third-order valence-electron chi connectivity index (χ3n) is 4.04. The summed E-state index contributed by atoms with van der Waals surface area (Å²) in [7, 11) is 0. The molecule has 0 radical (unpaired) electrons. The van der Waals surface area contributed by atoms with Gasteiger partial charge in [0.2, 0.25) is 5.91 Å². The predicted molar refractivity (Wildman–Crippen MR) is 97.5 cm³/mol. The molecule has 0 aliphatic carbocycles. The van der Waals surface area contributed by atoms with E-state index in [1.807, 2.05) is 25.1 Å². The second-order valence-corrected chi connectivity index (χ2v) is 6.33. The lowest BCUT2D eigenvalue weighted by Gasteiger charge is -2.14. The van der Waals surface area contributed by atoms with Crippen LogP contribution in [-0.4, -0.2) is 24.4 Å². The number of amides is 2. The SMILES string of the molecule is Cc1cc(C(=O)NCCC(=O)N[C@@H](C)CCc2ccccc2)c(C)o1. The minimum absolute atomic E-state index is 0.0547. The van der Waals surface area contributed by atoms with Crippen LogP contribution >= 0.6 is 0 Å². The van der Waals surface area contributed by atoms with Crippen molar-refractivity contribution >= 4 is 11.8 Å². The van der Waals surface area contributed by atoms with Gasteiger partial charge in [-0.1, -0.05) is 30.3 Å². The first kappa shape index (κ1) is 18.8. The fourth-order valence-corrected chi connectivity index (χ4v) is 2.69. The maximum atomic E-state index is 12.0. The summed E-state index contributed by atoms with van der Waals surface area (Å²) in [6.07, 6.45) is 2.07. The Morgan fingerprint density at radius 1 is 1.16 bits per heavy atom. The molecule has 0 fully saturated rings. The number of hydrogen-bond donors (Lipinski definition) is 2. The van der Waals surface area contributed by atoms with E-state index in [-0.39, 0.29) is 24.3 Å². The van der Waals surface area contributed by atoms with Crippen LogP contribution in [0.15, 0.2) is 40.8 Å². The summed E-state index contributed by atoms with van der Waals surface area (Å²) < 4.78 is 5.34. The Morgan fingerprint density at radius 3 is 2.52 bits per heavy atom. The van der Waals surface area contributed by atoms with Crippen LogP contribution in [0.2, 0.25) is 0 Å². The van der Waals surface area contributed by atoms with Gasteiger partial charge in [-0.3, -0.25) is 9.59 Å². The summed E-state index contributed by atoms with van der Waals surface area (Å²) in [5, 5.41) is 5.73. The summed E-state index contributed by atoms with van der Waals surface area (Å²) in [5.41, 5.74) is 1.79. The fraction of sp³-hybridized carbons (Fsp3) is 0.400. The molecule has 5 heteroatoms. The Balaban J connectivity index is 1.66. The maximum absolute atomic E-state index is 12.0. The molecule has 1 aromatic carbocycles. The molecule has 2 aromatic rings. The third-order valence-corrected chi connectivity index (χ3v) is 4.04. The van der Waals surface area contributed by atoms with Crippen molar-refractivity contribution in [1.29, 1.82) is 0 Å². The molecule has 1 aromatic heterocycles. The molecule has 0 aliphatic rings. The van der Waals surface area contributed by atoms with Crippen molar-refractivity contribution < 1.29 is 14.0 Å². The van der Waals surface area contributed by atoms with E-state index >= 15 is 0 Å². The third kappa shape index (κ3) is 6.10. The van der Waals surface area contributed by atoms with Gasteiger partial charge in [-0.25, -0.2) is 0 Å². The Labute approximate surface area is 148 Å². The lowest BCUT2D eigenvalue weighted by Crippen LogP contribution is -2.35. The van der Waals surface area contributed by atoms with Crippen molar-refractivity contribution in [3.05, 3.63) is 59.0 Å². The van der Waals surface area contributed by atoms with Crippen molar-refractivity contribution in [2.45, 2.75) is 46.1 Å². The maximum Gasteiger partial charge on any atom is 0.254 e. The molecule has 5 nitrogen and oxygen atoms in total. The highest BCUT2D eigenvalue weighted by Gasteiger charge is 2.14. The molecular weight excluding hydrogens is 316 g/mol. The summed E-state index contributed by atoms with van der Waals surface area (Å²) in [6.45, 7) is 5.86. The van der Waals surface area contributed by atoms with Crippen molar-refractivity contribution in [3.63, 3.8) is 0 Å². The molecule has 2 amide bonds. The van der Waals surface area contributed by atoms with Gasteiger partial charge in [-0.2, -0.15) is 0 Å². The van der Waals surface area contributed by atoms with Crippen molar-refractivity contribution in [3.8, 4) is 0 Å². The molecule has 134 valence electrons. The predicted octanol–water partition coefficient (Wildman–Crippen LogP) is 3.15. The number of hydrogen-bond acceptors (Lipinski definition) is 3. The van der Waals surface area contributed by atoms with E-state index in [0.717, 1.165) is 12.8 Å². The van der Waals surface area contributed by atoms with Crippen LogP contribution in [0.1, 0.15) is 47.2 Å². The van der Waals surface area contributed by atoms with Gasteiger partial charge in [-0.15, -0.1) is 0 Å². The highest BCUT2D eigenvalue weighted by Crippen LogP contribution is 2.13. The van der Waals surface area contributed by atoms with Gasteiger partial charge in [0.25, 0.3) is 5.91 Å². The van der Waals surface area contributed by atoms with Crippen LogP contribution in [0, 0.1) is 13.8 Å². The quantitative estimate of drug-likeness (QED) is 0.774. The topological polar surface area (TPSA) is 71.3 Å². The molecule has 0 unspecified atom stereocenters. The van der Waals surface area contributed by atoms with Gasteiger partial charge in [-0.05, 0) is 45.2 Å². The van der Waals surface area contributed by atoms with E-state index in [1.54, 1.807) is 19.9 Å². The molecule has 1 atom stereocenters. The monoisotopic (exact) mass is 342 g/mol. The number of carbonyl (C=O) groups excluding carboxylic acids is 2. The summed E-state index contributed by atoms with van der Waals surface area (Å²) in [4.78, 5) is 24.0. The van der Waals surface area contributed by atoms with Gasteiger partial charge >= 0.3 is 0 Å². The van der Waals surface area contributed by atoms with Crippen LogP contribution in [0.25, 0.3) is 0 Å². The van der Waals surface area contributed by atoms with Crippen LogP contribution in [0.3, 0.4) is 0 Å². The zero-order chi connectivity index (χ0) is 18.2. The molecule has 1 heterocycles. The first-order chi connectivity index (χ1) is 12.0. The second-order valence-electron chi connectivity index (χ2n) is 6.33. The van der Waals surface area contributed by atoms with Gasteiger partial charge in [0.15, 0.2) is 0 Å². The lowest BCUT2D eigenvalue weighted by atomic mass is 10.1. The molecule has 2 N–H and O–H groups in total. The van der Waals surface area contributed by atoms with Crippen LogP contribution in [-0.2, 0) is 11.2 Å². The molecular formula is C20H26N2O3. The average Bonchev–Trinajstić information content (AvgIpc) is 2.92. The van der Waals surface area contributed by atoms with Crippen LogP contribution in [0.4, 0.5) is 0 Å². The number of benzene rings is 1. The Hall–Kier alpha value is -2.56. The standard InChI is InChI=1S/C20H26N2O3/c1-14(9-10-17-7-5-4-6-8-17)22-19(23)11-12-21-20(24)18-13-15(2)25-16(18)3/h4-8,13-14H,9-12H2,1-3H3,(H,21,24)(H,22,23)/t14-/m0/s1. The van der Waals surface area contributed by atoms with Gasteiger partial charge in [0.1, 0.15) is 11.5 Å². The van der Waals surface area contributed by atoms with Crippen molar-refractivity contribution in [1.82, 2.24) is 10.6 Å². The van der Waals surface area contributed by atoms with E-state index in [1.165, 1.54) is 5.56 Å². The highest BCUT2D eigenvalue weighted by molar-refractivity contribution is 5.95. The van der Waals surface area contributed by atoms with Crippen LogP contribution < -0.4 is 10.6 Å². The molecule has 0 saturated heterocycles. The van der Waals surface area contributed by atoms with E-state index in [2.05, 4.69) is 22.8 Å². The zero-order valence-electron chi connectivity index (χ0n) is 15.1. The van der Waals surface area contributed by atoms with E-state index in [4.69, 9.17) is 4.42 Å². The average molecular weight is 342 g/mol. The molecule has 0 saturated carbocycles. The molecule has 0 spiro atoms. The minimum atomic E-state index is -0.209. The summed E-state index contributed by atoms with van der Waals surface area (Å²) in [6, 6.07) is 12.0. The largest absolute Gasteiger partial charge is 0.466 e. The molecule has 0 aliphatic heterocycles. The van der Waals surface area contributed by atoms with Gasteiger partial charge in [0, 0.05) is 19.0 Å². The normalized spacial score (nSPS) is 11.8. The minimum Gasteiger partial charge on any atom is -0.466 e. The molecule has 2 rings (SSSR count). The number of carbonyl (C=O) groups is 2. The zero-order valence-corrected chi connectivity index (χ0v) is 15.1. The van der Waals surface area contributed by atoms with Gasteiger partial charge in [0.05, 0.1) is 5.56 Å². The number of furan rings is 1. The Kier molecular flexibility index (Phi) is 6.81. The molecule has 0 bridgehead atoms. The summed E-state index contributed by atoms with van der Waals surface area (Å²) in [5.74, 6) is 1.03. The summed E-state index contributed by atoms with van der Waals surface area (Å²) >= 11 is 0. The smallest absolute Gasteiger partial charge is 0.254 e. The number of aryl methyl sites for hydroxylation is 3. The highest BCUT2D eigenvalue weighted by atomic mass is 16.3. The number of nitrogens with one attached hydrogen (secondary N) is 2. The Morgan fingerprint density at radius 2 is 1.88 bits per heavy atom. The van der Waals surface area contributed by atoms with E-state index in [0.29, 0.717) is 23.6 Å². The first-order valence-electron chi connectivity index (χ1n) is 8.64. The number of rotatable bonds is 8. The van der Waals surface area contributed by atoms with E-state index < -0.39 is 0 Å². The van der Waals surface area contributed by atoms with E-state index in [9.17, 15) is 9.59 Å².